The molecule has 0 saturated heterocycles. The number of aromatic amines is 3. The number of nitrogens with one attached hydrogen (secondary N) is 7. The number of carboxylic acid groups (broad SMARTS) is 3. The van der Waals surface area contributed by atoms with Gasteiger partial charge in [0.2, 0.25) is 5.78 Å². The number of carbonyl (C=O) groups excluding carboxylic acids is 6. The summed E-state index contributed by atoms with van der Waals surface area (Å²) in [6.07, 6.45) is 12.2. The number of pyridine rings is 2. The molecule has 0 aliphatic heterocycles. The summed E-state index contributed by atoms with van der Waals surface area (Å²) >= 11 is 17.2. The van der Waals surface area contributed by atoms with E-state index in [1.807, 2.05) is 0 Å². The zero-order valence-corrected chi connectivity index (χ0v) is 62.8. The summed E-state index contributed by atoms with van der Waals surface area (Å²) in [6.45, 7) is 6.35. The van der Waals surface area contributed by atoms with Gasteiger partial charge in [-0.05, 0) is 228 Å². The molecule has 0 atom stereocenters. The van der Waals surface area contributed by atoms with Crippen molar-refractivity contribution in [2.75, 3.05) is 79.2 Å². The van der Waals surface area contributed by atoms with Crippen molar-refractivity contribution in [2.24, 2.45) is 16.1 Å². The number of unbranched alkanes of at least 4 members (excludes halogenated alkanes) is 1. The third-order valence-electron chi connectivity index (χ3n) is 15.8. The molecule has 30 nitrogen and oxygen atoms in total. The molecule has 5 aromatic carbocycles. The van der Waals surface area contributed by atoms with Crippen molar-refractivity contribution >= 4 is 149 Å². The number of hydrogen-bond acceptors (Lipinski definition) is 20. The minimum atomic E-state index is -1.00. The molecule has 578 valence electrons. The molecule has 0 radical (unpaired) electrons. The van der Waals surface area contributed by atoms with Crippen molar-refractivity contribution in [3.05, 3.63) is 224 Å². The number of fused-ring (bicyclic) bond motifs is 3. The third kappa shape index (κ3) is 26.3. The second kappa shape index (κ2) is 46.1. The van der Waals surface area contributed by atoms with Gasteiger partial charge in [-0.15, -0.1) is 34.8 Å². The molecular formula is C77H83Cl3N14O16. The molecule has 110 heavy (non-hydrogen) atoms. The fourth-order valence-corrected chi connectivity index (χ4v) is 11.1. The Labute approximate surface area is 646 Å². The molecular weight excluding hydrogens is 1480 g/mol. The summed E-state index contributed by atoms with van der Waals surface area (Å²) in [6, 6.07) is 34.5. The van der Waals surface area contributed by atoms with Crippen LogP contribution in [0, 0.1) is 0 Å². The largest absolute Gasteiger partial charge is 0.478 e. The number of benzene rings is 5. The molecule has 12 N–H and O–H groups in total. The summed E-state index contributed by atoms with van der Waals surface area (Å²) < 4.78 is 20.2. The topological polar surface area (TPSA) is 460 Å². The number of esters is 3. The number of carbonyl (C=O) groups is 9. The molecule has 0 aliphatic rings. The fraction of sp³-hybridized carbons (Fsp3) is 0.273. The van der Waals surface area contributed by atoms with Gasteiger partial charge in [0.1, 0.15) is 29.4 Å². The minimum Gasteiger partial charge on any atom is -0.478 e. The van der Waals surface area contributed by atoms with Crippen molar-refractivity contribution in [2.45, 2.75) is 78.6 Å². The van der Waals surface area contributed by atoms with Gasteiger partial charge in [0.05, 0.1) is 66.0 Å². The SMILES string of the molecule is CCOC(=O)c1[nH]c2ccc(C(=O)Nc3cccnc3)cc2c1CCCCl.CCOC(=O)c1[nH]c2ccc(C(=O)Nc3cccnc3)cc2c1CCCN=[N+]=[N-].CCOC(=O)c1[nH]c2ccc(C(=O)O)cc2c1CCCCl.COCC(=O)/C(CCCCCl)=N/Nc1ccc(C(=O)O)cc1.NNc1ccc(C(=O)O)cc1. The summed E-state index contributed by atoms with van der Waals surface area (Å²) in [5, 5.41) is 42.0. The Hall–Kier alpha value is -12.2. The third-order valence-corrected chi connectivity index (χ3v) is 16.6. The maximum Gasteiger partial charge on any atom is 0.355 e. The molecule has 0 saturated carbocycles. The standard InChI is InChI=1S/C20H20ClN3O3.C20H20N6O3.C15H19ClN2O4.C15H16ClNO4.C7H8N2O2/c1-2-27-20(26)18-15(6-3-9-21)16-11-13(7-8-17(16)24-18)19(25)23-14-5-4-10-22-12-14;1-2-29-20(28)18-15(6-4-10-23-26-21)16-11-13(7-8-17(16)25-18)19(27)24-14-5-3-9-22-12-14;1-22-10-14(19)13(4-2-3-9-16)18-17-12-7-5-11(6-8-12)15(20)21;1-2-21-15(20)13-10(4-3-7-16)11-8-9(14(18)19)5-6-12(11)17-13;8-9-6-3-1-5(2-4-6)7(10)11/h4-5,7-8,10-12,24H,2-3,6,9H2,1H3,(H,23,25);3,5,7-9,11-12,25H,2,4,6,10H2,1H3,(H,24,27);5-8,17H,2-4,9-10H2,1H3,(H,20,21);5-6,8,17H,2-4,7H2,1H3,(H,18,19);1-4,9H,8H2,(H,10,11)/b;;18-13+;;. The Balaban J connectivity index is 0.000000220. The lowest BCUT2D eigenvalue weighted by molar-refractivity contribution is -0.116. The predicted octanol–water partition coefficient (Wildman–Crippen LogP) is 15.1. The average Bonchev–Trinajstić information content (AvgIpc) is 1.65. The Morgan fingerprint density at radius 1 is 0.509 bits per heavy atom. The van der Waals surface area contributed by atoms with Crippen LogP contribution in [0.2, 0.25) is 0 Å². The van der Waals surface area contributed by atoms with Gasteiger partial charge in [-0.2, -0.15) is 5.10 Å². The van der Waals surface area contributed by atoms with Crippen LogP contribution in [0.3, 0.4) is 0 Å². The molecule has 33 heteroatoms. The van der Waals surface area contributed by atoms with Gasteiger partial charge < -0.3 is 65.3 Å². The summed E-state index contributed by atoms with van der Waals surface area (Å²) in [5.41, 5.74) is 23.8. The number of carboxylic acids is 3. The zero-order chi connectivity index (χ0) is 79.9. The van der Waals surface area contributed by atoms with E-state index in [0.717, 1.165) is 56.7 Å². The number of H-pyrrole nitrogens is 3. The van der Waals surface area contributed by atoms with Crippen LogP contribution in [0.15, 0.2) is 162 Å². The summed E-state index contributed by atoms with van der Waals surface area (Å²) in [7, 11) is 1.45. The smallest absolute Gasteiger partial charge is 0.355 e. The number of azide groups is 1. The van der Waals surface area contributed by atoms with Crippen LogP contribution < -0.4 is 27.3 Å². The van der Waals surface area contributed by atoms with Crippen LogP contribution in [0.5, 0.6) is 0 Å². The number of hydrazine groups is 1. The van der Waals surface area contributed by atoms with E-state index in [0.29, 0.717) is 138 Å². The van der Waals surface area contributed by atoms with Crippen molar-refractivity contribution in [1.29, 1.82) is 0 Å². The molecule has 5 heterocycles. The zero-order valence-electron chi connectivity index (χ0n) is 60.5. The number of aromatic carboxylic acids is 3. The number of halogens is 3. The van der Waals surface area contributed by atoms with Crippen LogP contribution in [0.1, 0.15) is 159 Å². The monoisotopic (exact) mass is 1560 g/mol. The number of anilines is 4. The lowest BCUT2D eigenvalue weighted by Gasteiger charge is -2.07. The van der Waals surface area contributed by atoms with E-state index >= 15 is 0 Å². The normalized spacial score (nSPS) is 10.6. The molecule has 0 aliphatic carbocycles. The van der Waals surface area contributed by atoms with E-state index in [1.54, 1.807) is 143 Å². The van der Waals surface area contributed by atoms with Gasteiger partial charge >= 0.3 is 35.8 Å². The number of rotatable bonds is 33. The first kappa shape index (κ1) is 86.7. The molecule has 0 fully saturated rings. The number of aromatic nitrogens is 5. The first-order valence-electron chi connectivity index (χ1n) is 34.5. The molecule has 0 unspecified atom stereocenters. The van der Waals surface area contributed by atoms with Crippen molar-refractivity contribution in [3.63, 3.8) is 0 Å². The van der Waals surface area contributed by atoms with E-state index in [2.05, 4.69) is 61.5 Å². The number of aryl methyl sites for hydroxylation is 3. The van der Waals surface area contributed by atoms with Gasteiger partial charge in [0, 0.05) is 98.1 Å². The van der Waals surface area contributed by atoms with Crippen LogP contribution >= 0.6 is 34.8 Å². The highest BCUT2D eigenvalue weighted by Crippen LogP contribution is 2.30. The van der Waals surface area contributed by atoms with E-state index < -0.39 is 35.8 Å². The van der Waals surface area contributed by atoms with Crippen LogP contribution in [0.4, 0.5) is 22.7 Å². The highest BCUT2D eigenvalue weighted by molar-refractivity contribution is 6.40. The molecule has 10 aromatic rings. The number of alkyl halides is 3. The number of nitrogens with zero attached hydrogens (tertiary/aromatic N) is 6. The van der Waals surface area contributed by atoms with E-state index in [4.69, 9.17) is 80.4 Å². The van der Waals surface area contributed by atoms with Gasteiger partial charge in [-0.1, -0.05) is 5.11 Å². The number of methoxy groups -OCH3 is 1. The number of amides is 2. The molecule has 5 aromatic heterocycles. The molecule has 0 bridgehead atoms. The molecule has 10 rings (SSSR count). The maximum atomic E-state index is 12.6. The first-order chi connectivity index (χ1) is 53.2. The predicted molar refractivity (Wildman–Crippen MR) is 422 cm³/mol. The number of hydrogen-bond donors (Lipinski definition) is 11. The Kier molecular flexibility index (Phi) is 36.4. The number of ether oxygens (including phenoxy) is 4. The van der Waals surface area contributed by atoms with Crippen molar-refractivity contribution in [1.82, 2.24) is 24.9 Å². The van der Waals surface area contributed by atoms with E-state index in [-0.39, 0.29) is 54.1 Å². The van der Waals surface area contributed by atoms with Gasteiger partial charge in [-0.3, -0.25) is 35.6 Å². The van der Waals surface area contributed by atoms with Crippen molar-refractivity contribution in [3.8, 4) is 0 Å². The lowest BCUT2D eigenvalue weighted by Crippen LogP contribution is -2.20. The second-order valence-corrected chi connectivity index (χ2v) is 24.4. The van der Waals surface area contributed by atoms with Gasteiger partial charge in [0.15, 0.2) is 0 Å². The second-order valence-electron chi connectivity index (χ2n) is 23.3. The summed E-state index contributed by atoms with van der Waals surface area (Å²) in [4.78, 5) is 126. The lowest BCUT2D eigenvalue weighted by atomic mass is 10.0. The fourth-order valence-electron chi connectivity index (χ4n) is 10.6. The minimum absolute atomic E-state index is 0.0284. The van der Waals surface area contributed by atoms with Crippen LogP contribution in [0.25, 0.3) is 43.2 Å². The highest BCUT2D eigenvalue weighted by Gasteiger charge is 2.24. The highest BCUT2D eigenvalue weighted by atomic mass is 35.5. The quantitative estimate of drug-likeness (QED) is 0.00174. The number of nitrogen functional groups attached to an aromatic ring is 1. The van der Waals surface area contributed by atoms with Crippen LogP contribution in [-0.4, -0.2) is 157 Å². The summed E-state index contributed by atoms with van der Waals surface area (Å²) in [5.74, 6) is 1.63. The Bertz CT molecular complexity index is 4840. The number of hydrazone groups is 1. The molecule has 2 amide bonds. The first-order valence-corrected chi connectivity index (χ1v) is 36.1. The number of Topliss-reactive ketones (excluding diaryl/α,β-unsaturated/α-hetero) is 1. The Morgan fingerprint density at radius 2 is 0.900 bits per heavy atom. The van der Waals surface area contributed by atoms with E-state index in [1.165, 1.54) is 37.4 Å². The van der Waals surface area contributed by atoms with E-state index in [9.17, 15) is 43.2 Å². The number of nitrogens with two attached hydrogens (primary N) is 1. The molecule has 0 spiro atoms. The maximum absolute atomic E-state index is 12.6. The Morgan fingerprint density at radius 3 is 1.26 bits per heavy atom. The van der Waals surface area contributed by atoms with Gasteiger partial charge in [0.25, 0.3) is 11.8 Å². The average molecular weight is 1570 g/mol. The van der Waals surface area contributed by atoms with Gasteiger partial charge in [-0.25, -0.2) is 28.8 Å². The van der Waals surface area contributed by atoms with Crippen LogP contribution in [-0.2, 0) is 43.0 Å². The number of ketones is 1. The van der Waals surface area contributed by atoms with Crippen molar-refractivity contribution < 1.29 is 77.4 Å².